The molecule has 0 radical (unpaired) electrons. The van der Waals surface area contributed by atoms with E-state index in [1.807, 2.05) is 6.92 Å². The topological polar surface area (TPSA) is 50.2 Å². The van der Waals surface area contributed by atoms with Crippen LogP contribution in [0.25, 0.3) is 11.3 Å². The number of carboxylic acids is 1. The fourth-order valence-electron chi connectivity index (χ4n) is 2.48. The summed E-state index contributed by atoms with van der Waals surface area (Å²) in [6, 6.07) is 4.23. The number of thiazole rings is 1. The van der Waals surface area contributed by atoms with Crippen molar-refractivity contribution in [3.05, 3.63) is 38.7 Å². The van der Waals surface area contributed by atoms with Gasteiger partial charge in [-0.15, -0.1) is 11.3 Å². The van der Waals surface area contributed by atoms with Crippen LogP contribution in [0.3, 0.4) is 0 Å². The zero-order chi connectivity index (χ0) is 14.2. The van der Waals surface area contributed by atoms with Crippen LogP contribution in [-0.2, 0) is 11.2 Å². The van der Waals surface area contributed by atoms with Gasteiger partial charge in [0.2, 0.25) is 0 Å². The number of nitrogens with zero attached hydrogens (tertiary/aromatic N) is 1. The molecule has 0 aliphatic heterocycles. The predicted octanol–water partition coefficient (Wildman–Crippen LogP) is 3.67. The summed E-state index contributed by atoms with van der Waals surface area (Å²) in [5.41, 5.74) is 5.42. The van der Waals surface area contributed by atoms with E-state index in [2.05, 4.69) is 37.9 Å². The molecule has 1 aromatic carbocycles. The summed E-state index contributed by atoms with van der Waals surface area (Å²) in [7, 11) is 0. The van der Waals surface area contributed by atoms with Crippen molar-refractivity contribution >= 4 is 17.3 Å². The number of hydrogen-bond acceptors (Lipinski definition) is 3. The lowest BCUT2D eigenvalue weighted by Gasteiger charge is -2.10. The van der Waals surface area contributed by atoms with Crippen LogP contribution in [0.1, 0.15) is 26.6 Å². The maximum absolute atomic E-state index is 11.0. The highest BCUT2D eigenvalue weighted by Gasteiger charge is 2.17. The molecule has 2 aromatic rings. The summed E-state index contributed by atoms with van der Waals surface area (Å²) in [6.45, 7) is 8.08. The van der Waals surface area contributed by atoms with Crippen molar-refractivity contribution in [3.8, 4) is 11.3 Å². The number of aromatic nitrogens is 1. The van der Waals surface area contributed by atoms with Crippen LogP contribution in [0.4, 0.5) is 0 Å². The summed E-state index contributed by atoms with van der Waals surface area (Å²) >= 11 is 1.47. The fourth-order valence-corrected chi connectivity index (χ4v) is 3.41. The lowest BCUT2D eigenvalue weighted by molar-refractivity contribution is -0.136. The summed E-state index contributed by atoms with van der Waals surface area (Å²) in [4.78, 5) is 16.3. The van der Waals surface area contributed by atoms with Gasteiger partial charge in [0.25, 0.3) is 0 Å². The first-order chi connectivity index (χ1) is 8.88. The van der Waals surface area contributed by atoms with Gasteiger partial charge in [-0.3, -0.25) is 4.79 Å². The Kier molecular flexibility index (Phi) is 3.71. The SMILES string of the molecule is Cc1cc(C)c(-c2nc(C)sc2CC(=O)O)c(C)c1. The third kappa shape index (κ3) is 2.84. The Balaban J connectivity index is 2.62. The lowest BCUT2D eigenvalue weighted by Crippen LogP contribution is -2.01. The van der Waals surface area contributed by atoms with Crippen molar-refractivity contribution in [2.75, 3.05) is 0 Å². The number of benzene rings is 1. The molecule has 0 aliphatic carbocycles. The van der Waals surface area contributed by atoms with Gasteiger partial charge in [-0.2, -0.15) is 0 Å². The molecule has 0 spiro atoms. The Morgan fingerprint density at radius 1 is 1.21 bits per heavy atom. The second-order valence-corrected chi connectivity index (χ2v) is 6.14. The largest absolute Gasteiger partial charge is 0.481 e. The average molecular weight is 275 g/mol. The highest BCUT2D eigenvalue weighted by molar-refractivity contribution is 7.12. The number of carboxylic acid groups (broad SMARTS) is 1. The van der Waals surface area contributed by atoms with Gasteiger partial charge in [-0.05, 0) is 38.8 Å². The first-order valence-electron chi connectivity index (χ1n) is 6.15. The normalized spacial score (nSPS) is 10.7. The molecule has 0 bridgehead atoms. The van der Waals surface area contributed by atoms with Gasteiger partial charge in [-0.25, -0.2) is 4.98 Å². The van der Waals surface area contributed by atoms with E-state index >= 15 is 0 Å². The molecule has 19 heavy (non-hydrogen) atoms. The van der Waals surface area contributed by atoms with E-state index in [0.717, 1.165) is 32.3 Å². The van der Waals surface area contributed by atoms with Crippen LogP contribution in [0.15, 0.2) is 12.1 Å². The Bertz CT molecular complexity index is 621. The van der Waals surface area contributed by atoms with Gasteiger partial charge in [0, 0.05) is 10.4 Å². The quantitative estimate of drug-likeness (QED) is 0.929. The molecular formula is C15H17NO2S. The minimum absolute atomic E-state index is 0.0353. The second-order valence-electron chi connectivity index (χ2n) is 4.85. The molecule has 0 aliphatic rings. The highest BCUT2D eigenvalue weighted by Crippen LogP contribution is 2.33. The Morgan fingerprint density at radius 3 is 2.32 bits per heavy atom. The molecule has 0 saturated heterocycles. The van der Waals surface area contributed by atoms with Crippen molar-refractivity contribution in [2.45, 2.75) is 34.1 Å². The molecular weight excluding hydrogens is 258 g/mol. The van der Waals surface area contributed by atoms with Gasteiger partial charge >= 0.3 is 5.97 Å². The van der Waals surface area contributed by atoms with Crippen molar-refractivity contribution in [3.63, 3.8) is 0 Å². The second kappa shape index (κ2) is 5.13. The van der Waals surface area contributed by atoms with E-state index in [0.29, 0.717) is 0 Å². The number of rotatable bonds is 3. The monoisotopic (exact) mass is 275 g/mol. The predicted molar refractivity (Wildman–Crippen MR) is 77.8 cm³/mol. The Labute approximate surface area is 116 Å². The number of hydrogen-bond donors (Lipinski definition) is 1. The van der Waals surface area contributed by atoms with Crippen molar-refractivity contribution in [2.24, 2.45) is 0 Å². The van der Waals surface area contributed by atoms with E-state index < -0.39 is 5.97 Å². The lowest BCUT2D eigenvalue weighted by atomic mass is 9.96. The molecule has 0 fully saturated rings. The molecule has 4 heteroatoms. The third-order valence-corrected chi connectivity index (χ3v) is 4.00. The van der Waals surface area contributed by atoms with E-state index in [1.54, 1.807) is 0 Å². The van der Waals surface area contributed by atoms with E-state index in [1.165, 1.54) is 16.9 Å². The standard InChI is InChI=1S/C15H17NO2S/c1-8-5-9(2)14(10(3)6-8)15-12(7-13(17)18)19-11(4)16-15/h5-6H,7H2,1-4H3,(H,17,18). The summed E-state index contributed by atoms with van der Waals surface area (Å²) in [5, 5.41) is 9.92. The highest BCUT2D eigenvalue weighted by atomic mass is 32.1. The number of aryl methyl sites for hydroxylation is 4. The van der Waals surface area contributed by atoms with Gasteiger partial charge in [0.05, 0.1) is 17.1 Å². The van der Waals surface area contributed by atoms with Crippen molar-refractivity contribution < 1.29 is 9.90 Å². The molecule has 100 valence electrons. The first kappa shape index (κ1) is 13.7. The molecule has 0 amide bonds. The minimum atomic E-state index is -0.813. The van der Waals surface area contributed by atoms with Crippen molar-refractivity contribution in [1.82, 2.24) is 4.98 Å². The van der Waals surface area contributed by atoms with E-state index in [-0.39, 0.29) is 6.42 Å². The molecule has 2 rings (SSSR count). The summed E-state index contributed by atoms with van der Waals surface area (Å²) in [6.07, 6.45) is 0.0353. The van der Waals surface area contributed by atoms with Crippen molar-refractivity contribution in [1.29, 1.82) is 0 Å². The molecule has 1 heterocycles. The first-order valence-corrected chi connectivity index (χ1v) is 6.96. The maximum atomic E-state index is 11.0. The fraction of sp³-hybridized carbons (Fsp3) is 0.333. The van der Waals surface area contributed by atoms with Gasteiger partial charge in [-0.1, -0.05) is 17.7 Å². The van der Waals surface area contributed by atoms with Gasteiger partial charge in [0.15, 0.2) is 0 Å². The van der Waals surface area contributed by atoms with Crippen LogP contribution < -0.4 is 0 Å². The zero-order valence-electron chi connectivity index (χ0n) is 11.6. The molecule has 0 atom stereocenters. The van der Waals surface area contributed by atoms with Crippen LogP contribution in [0.2, 0.25) is 0 Å². The van der Waals surface area contributed by atoms with Crippen LogP contribution >= 0.6 is 11.3 Å². The molecule has 3 nitrogen and oxygen atoms in total. The van der Waals surface area contributed by atoms with Gasteiger partial charge in [0.1, 0.15) is 0 Å². The molecule has 1 N–H and O–H groups in total. The smallest absolute Gasteiger partial charge is 0.308 e. The summed E-state index contributed by atoms with van der Waals surface area (Å²) < 4.78 is 0. The molecule has 0 saturated carbocycles. The third-order valence-electron chi connectivity index (χ3n) is 3.03. The Morgan fingerprint density at radius 2 is 1.79 bits per heavy atom. The minimum Gasteiger partial charge on any atom is -0.481 e. The van der Waals surface area contributed by atoms with Crippen LogP contribution in [-0.4, -0.2) is 16.1 Å². The Hall–Kier alpha value is -1.68. The zero-order valence-corrected chi connectivity index (χ0v) is 12.4. The van der Waals surface area contributed by atoms with E-state index in [9.17, 15) is 4.79 Å². The van der Waals surface area contributed by atoms with Crippen LogP contribution in [0.5, 0.6) is 0 Å². The maximum Gasteiger partial charge on any atom is 0.308 e. The number of carbonyl (C=O) groups is 1. The van der Waals surface area contributed by atoms with E-state index in [4.69, 9.17) is 5.11 Å². The average Bonchev–Trinajstić information content (AvgIpc) is 2.56. The number of aliphatic carboxylic acids is 1. The summed E-state index contributed by atoms with van der Waals surface area (Å²) in [5.74, 6) is -0.813. The molecule has 1 aromatic heterocycles. The van der Waals surface area contributed by atoms with Crippen LogP contribution in [0, 0.1) is 27.7 Å². The van der Waals surface area contributed by atoms with Gasteiger partial charge < -0.3 is 5.11 Å². The molecule has 0 unspecified atom stereocenters.